The lowest BCUT2D eigenvalue weighted by atomic mass is 9.91. The molecule has 1 aromatic rings. The smallest absolute Gasteiger partial charge is 0.408 e. The Kier molecular flexibility index (Phi) is 5.01. The van der Waals surface area contributed by atoms with E-state index in [1.54, 1.807) is 6.20 Å². The summed E-state index contributed by atoms with van der Waals surface area (Å²) in [6, 6.07) is -0.418. The maximum atomic E-state index is 12.2. The Labute approximate surface area is 154 Å². The summed E-state index contributed by atoms with van der Waals surface area (Å²) < 4.78 is 5.35. The van der Waals surface area contributed by atoms with Gasteiger partial charge in [0, 0.05) is 24.7 Å². The van der Waals surface area contributed by atoms with E-state index >= 15 is 0 Å². The van der Waals surface area contributed by atoms with Crippen LogP contribution in [-0.2, 0) is 17.6 Å². The van der Waals surface area contributed by atoms with Gasteiger partial charge in [0.2, 0.25) is 0 Å². The second-order valence-corrected chi connectivity index (χ2v) is 8.47. The zero-order valence-electron chi connectivity index (χ0n) is 16.1. The van der Waals surface area contributed by atoms with Gasteiger partial charge in [-0.2, -0.15) is 0 Å². The predicted molar refractivity (Wildman–Crippen MR) is 101 cm³/mol. The lowest BCUT2D eigenvalue weighted by Crippen LogP contribution is -2.59. The summed E-state index contributed by atoms with van der Waals surface area (Å²) in [5.41, 5.74) is 9.68. The third kappa shape index (κ3) is 3.87. The van der Waals surface area contributed by atoms with Crippen LogP contribution in [-0.4, -0.2) is 47.0 Å². The first-order chi connectivity index (χ1) is 12.2. The number of nitrogens with one attached hydrogen (secondary N) is 1. The molecule has 0 aromatic carbocycles. The molecule has 0 radical (unpaired) electrons. The minimum atomic E-state index is -0.630. The molecule has 3 atom stereocenters. The van der Waals surface area contributed by atoms with E-state index in [1.165, 1.54) is 5.56 Å². The second kappa shape index (κ2) is 6.95. The van der Waals surface area contributed by atoms with Crippen molar-refractivity contribution in [2.75, 3.05) is 23.7 Å². The zero-order chi connectivity index (χ0) is 19.1. The van der Waals surface area contributed by atoms with E-state index in [0.29, 0.717) is 18.8 Å². The summed E-state index contributed by atoms with van der Waals surface area (Å²) in [7, 11) is 0. The van der Waals surface area contributed by atoms with E-state index in [2.05, 4.69) is 15.2 Å². The monoisotopic (exact) mass is 362 g/mol. The number of nitrogens with zero attached hydrogens (tertiary/aromatic N) is 2. The number of carbonyl (C=O) groups excluding carboxylic acids is 1. The summed E-state index contributed by atoms with van der Waals surface area (Å²) in [5, 5.41) is 13.4. The van der Waals surface area contributed by atoms with Gasteiger partial charge in [0.1, 0.15) is 5.60 Å². The Balaban J connectivity index is 1.81. The number of nitrogen functional groups attached to an aromatic ring is 1. The number of rotatable bonds is 2. The number of ether oxygens (including phenoxy) is 1. The fraction of sp³-hybridized carbons (Fsp3) is 0.684. The van der Waals surface area contributed by atoms with Crippen LogP contribution in [0.15, 0.2) is 6.20 Å². The van der Waals surface area contributed by atoms with Crippen LogP contribution in [0.5, 0.6) is 0 Å². The molecule has 7 nitrogen and oxygen atoms in total. The van der Waals surface area contributed by atoms with Gasteiger partial charge in [-0.1, -0.05) is 6.92 Å². The molecule has 0 bridgehead atoms. The van der Waals surface area contributed by atoms with E-state index in [1.807, 2.05) is 27.7 Å². The number of aryl methyl sites for hydroxylation is 1. The minimum absolute atomic E-state index is 0.00620. The molecule has 3 rings (SSSR count). The highest BCUT2D eigenvalue weighted by atomic mass is 16.6. The van der Waals surface area contributed by atoms with Gasteiger partial charge >= 0.3 is 6.09 Å². The van der Waals surface area contributed by atoms with E-state index in [4.69, 9.17) is 10.5 Å². The van der Waals surface area contributed by atoms with Crippen LogP contribution in [0.2, 0.25) is 0 Å². The van der Waals surface area contributed by atoms with Crippen molar-refractivity contribution in [3.8, 4) is 0 Å². The molecule has 0 spiro atoms. The molecular formula is C19H30N4O3. The normalized spacial score (nSPS) is 25.7. The molecule has 4 N–H and O–H groups in total. The standard InChI is InChI=1S/C19H30N4O3/c1-11-9-23(16-12-6-5-7-14(12)21-8-13(16)20)10-15(17(11)24)22-18(25)26-19(2,3)4/h8,11,15,17,24H,5-7,9-10,20H2,1-4H3,(H,22,25)/t11?,15?,17-/m1/s1. The van der Waals surface area contributed by atoms with Gasteiger partial charge in [-0.25, -0.2) is 4.79 Å². The second-order valence-electron chi connectivity index (χ2n) is 8.47. The number of hydrogen-bond acceptors (Lipinski definition) is 6. The number of fused-ring (bicyclic) bond motifs is 1. The predicted octanol–water partition coefficient (Wildman–Crippen LogP) is 1.86. The molecule has 0 saturated carbocycles. The molecule has 1 saturated heterocycles. The highest BCUT2D eigenvalue weighted by molar-refractivity contribution is 5.73. The van der Waals surface area contributed by atoms with E-state index < -0.39 is 23.8 Å². The molecular weight excluding hydrogens is 332 g/mol. The van der Waals surface area contributed by atoms with Crippen molar-refractivity contribution in [2.45, 2.75) is 64.7 Å². The summed E-state index contributed by atoms with van der Waals surface area (Å²) in [6.07, 6.45) is 3.63. The van der Waals surface area contributed by atoms with Crippen LogP contribution in [0, 0.1) is 5.92 Å². The average Bonchev–Trinajstić information content (AvgIpc) is 2.98. The molecule has 1 amide bonds. The number of aromatic nitrogens is 1. The molecule has 1 aliphatic heterocycles. The lowest BCUT2D eigenvalue weighted by Gasteiger charge is -2.42. The molecule has 1 aromatic heterocycles. The number of aliphatic hydroxyl groups is 1. The number of amides is 1. The number of alkyl carbamates (subject to hydrolysis) is 1. The van der Waals surface area contributed by atoms with Crippen LogP contribution in [0.4, 0.5) is 16.2 Å². The van der Waals surface area contributed by atoms with Gasteiger partial charge in [-0.15, -0.1) is 0 Å². The highest BCUT2D eigenvalue weighted by Crippen LogP contribution is 2.36. The van der Waals surface area contributed by atoms with Crippen molar-refractivity contribution in [2.24, 2.45) is 5.92 Å². The summed E-state index contributed by atoms with van der Waals surface area (Å²) in [4.78, 5) is 18.8. The van der Waals surface area contributed by atoms with Gasteiger partial charge in [-0.3, -0.25) is 4.98 Å². The highest BCUT2D eigenvalue weighted by Gasteiger charge is 2.37. The van der Waals surface area contributed by atoms with Crippen LogP contribution in [0.25, 0.3) is 0 Å². The van der Waals surface area contributed by atoms with Gasteiger partial charge in [0.05, 0.1) is 29.7 Å². The molecule has 1 aliphatic carbocycles. The maximum Gasteiger partial charge on any atom is 0.408 e. The lowest BCUT2D eigenvalue weighted by molar-refractivity contribution is 0.0303. The molecule has 2 aliphatic rings. The van der Waals surface area contributed by atoms with Gasteiger partial charge in [0.15, 0.2) is 0 Å². The summed E-state index contributed by atoms with van der Waals surface area (Å²) in [6.45, 7) is 8.62. The van der Waals surface area contributed by atoms with Crippen molar-refractivity contribution in [3.63, 3.8) is 0 Å². The molecule has 1 fully saturated rings. The molecule has 2 unspecified atom stereocenters. The quantitative estimate of drug-likeness (QED) is 0.742. The van der Waals surface area contributed by atoms with Crippen molar-refractivity contribution in [1.29, 1.82) is 0 Å². The van der Waals surface area contributed by atoms with Gasteiger partial charge < -0.3 is 25.8 Å². The first kappa shape index (κ1) is 18.8. The topological polar surface area (TPSA) is 101 Å². The zero-order valence-corrected chi connectivity index (χ0v) is 16.1. The van der Waals surface area contributed by atoms with E-state index in [0.717, 1.165) is 30.6 Å². The number of anilines is 2. The fourth-order valence-electron chi connectivity index (χ4n) is 3.93. The number of aliphatic hydroxyl groups excluding tert-OH is 1. The first-order valence-electron chi connectivity index (χ1n) is 9.34. The number of hydrogen-bond donors (Lipinski definition) is 3. The van der Waals surface area contributed by atoms with Crippen molar-refractivity contribution in [3.05, 3.63) is 17.5 Å². The van der Waals surface area contributed by atoms with Crippen LogP contribution in [0.1, 0.15) is 45.4 Å². The Morgan fingerprint density at radius 1 is 1.38 bits per heavy atom. The van der Waals surface area contributed by atoms with Gasteiger partial charge in [-0.05, 0) is 45.6 Å². The molecule has 144 valence electrons. The Bertz CT molecular complexity index is 686. The van der Waals surface area contributed by atoms with Crippen LogP contribution in [0.3, 0.4) is 0 Å². The van der Waals surface area contributed by atoms with E-state index in [-0.39, 0.29) is 5.92 Å². The minimum Gasteiger partial charge on any atom is -0.444 e. The third-order valence-electron chi connectivity index (χ3n) is 5.05. The van der Waals surface area contributed by atoms with Crippen LogP contribution >= 0.6 is 0 Å². The number of nitrogens with two attached hydrogens (primary N) is 1. The SMILES string of the molecule is CC1CN(c2c(N)cnc3c2CCC3)CC(NC(=O)OC(C)(C)C)[C@@H]1O. The van der Waals surface area contributed by atoms with Crippen molar-refractivity contribution < 1.29 is 14.6 Å². The average molecular weight is 362 g/mol. The Hall–Kier alpha value is -2.02. The van der Waals surface area contributed by atoms with Gasteiger partial charge in [0.25, 0.3) is 0 Å². The Morgan fingerprint density at radius 3 is 2.81 bits per heavy atom. The third-order valence-corrected chi connectivity index (χ3v) is 5.05. The largest absolute Gasteiger partial charge is 0.444 e. The molecule has 7 heteroatoms. The summed E-state index contributed by atoms with van der Waals surface area (Å²) >= 11 is 0. The summed E-state index contributed by atoms with van der Waals surface area (Å²) in [5.74, 6) is -0.00620. The first-order valence-corrected chi connectivity index (χ1v) is 9.34. The number of pyridine rings is 1. The number of carbonyl (C=O) groups is 1. The number of piperidine rings is 1. The maximum absolute atomic E-state index is 12.2. The van der Waals surface area contributed by atoms with E-state index in [9.17, 15) is 9.90 Å². The van der Waals surface area contributed by atoms with Crippen LogP contribution < -0.4 is 16.0 Å². The fourth-order valence-corrected chi connectivity index (χ4v) is 3.93. The molecule has 2 heterocycles. The van der Waals surface area contributed by atoms with Crippen molar-refractivity contribution >= 4 is 17.5 Å². The Morgan fingerprint density at radius 2 is 2.12 bits per heavy atom. The molecule has 26 heavy (non-hydrogen) atoms. The van der Waals surface area contributed by atoms with Crippen molar-refractivity contribution in [1.82, 2.24) is 10.3 Å².